The largest absolute Gasteiger partial charge is 0.396 e. The van der Waals surface area contributed by atoms with E-state index in [0.29, 0.717) is 24.7 Å². The first-order valence-corrected chi connectivity index (χ1v) is 13.3. The molecule has 192 valence electrons. The van der Waals surface area contributed by atoms with Gasteiger partial charge in [-0.2, -0.15) is 0 Å². The number of aldehydes is 1. The van der Waals surface area contributed by atoms with Crippen LogP contribution < -0.4 is 0 Å². The first-order chi connectivity index (χ1) is 15.8. The molecule has 2 fully saturated rings. The van der Waals surface area contributed by atoms with Gasteiger partial charge in [0, 0.05) is 17.9 Å². The maximum Gasteiger partial charge on any atom is 0.145 e. The van der Waals surface area contributed by atoms with E-state index in [4.69, 9.17) is 0 Å². The van der Waals surface area contributed by atoms with Crippen LogP contribution in [0.2, 0.25) is 0 Å². The van der Waals surface area contributed by atoms with Crippen LogP contribution in [0.15, 0.2) is 47.1 Å². The molecule has 5 atom stereocenters. The normalized spacial score (nSPS) is 36.1. The highest BCUT2D eigenvalue weighted by Gasteiger charge is 2.52. The molecule has 0 spiro atoms. The summed E-state index contributed by atoms with van der Waals surface area (Å²) in [5, 5.41) is 21.0. The summed E-state index contributed by atoms with van der Waals surface area (Å²) >= 11 is 0. The molecule has 3 heteroatoms. The lowest BCUT2D eigenvalue weighted by atomic mass is 9.54. The molecule has 2 aliphatic rings. The molecule has 0 saturated heterocycles. The number of allylic oxidation sites excluding steroid dienone is 7. The number of aliphatic hydroxyl groups excluding tert-OH is 1. The van der Waals surface area contributed by atoms with Gasteiger partial charge < -0.3 is 10.2 Å². The van der Waals surface area contributed by atoms with Crippen LogP contribution in [-0.2, 0) is 4.79 Å². The molecule has 2 N–H and O–H groups in total. The molecule has 2 aliphatic carbocycles. The minimum absolute atomic E-state index is 0.102. The van der Waals surface area contributed by atoms with Crippen molar-refractivity contribution in [2.45, 2.75) is 105 Å². The highest BCUT2D eigenvalue weighted by atomic mass is 16.3. The van der Waals surface area contributed by atoms with Crippen molar-refractivity contribution in [3.8, 4) is 0 Å². The fourth-order valence-electron chi connectivity index (χ4n) is 6.44. The van der Waals surface area contributed by atoms with Gasteiger partial charge in [-0.05, 0) is 95.0 Å². The van der Waals surface area contributed by atoms with Crippen molar-refractivity contribution in [2.75, 3.05) is 6.61 Å². The third-order valence-corrected chi connectivity index (χ3v) is 9.73. The zero-order valence-corrected chi connectivity index (χ0v) is 22.9. The third-order valence-electron chi connectivity index (χ3n) is 9.73. The number of rotatable bonds is 9. The summed E-state index contributed by atoms with van der Waals surface area (Å²) in [6.07, 6.45) is 14.8. The Morgan fingerprint density at radius 1 is 1.18 bits per heavy atom. The van der Waals surface area contributed by atoms with Gasteiger partial charge in [0.15, 0.2) is 0 Å². The minimum Gasteiger partial charge on any atom is -0.396 e. The van der Waals surface area contributed by atoms with Crippen LogP contribution in [0, 0.1) is 28.6 Å². The molecular formula is C31H50O3. The quantitative estimate of drug-likeness (QED) is 0.160. The summed E-state index contributed by atoms with van der Waals surface area (Å²) in [5.74, 6) is 1.18. The third kappa shape index (κ3) is 6.02. The lowest BCUT2D eigenvalue weighted by molar-refractivity contribution is -0.115. The van der Waals surface area contributed by atoms with Gasteiger partial charge in [-0.3, -0.25) is 4.79 Å². The van der Waals surface area contributed by atoms with Crippen LogP contribution in [0.25, 0.3) is 0 Å². The smallest absolute Gasteiger partial charge is 0.145 e. The lowest BCUT2D eigenvalue weighted by Crippen LogP contribution is -2.52. The predicted octanol–water partition coefficient (Wildman–Crippen LogP) is 7.35. The van der Waals surface area contributed by atoms with Crippen molar-refractivity contribution in [1.82, 2.24) is 0 Å². The maximum absolute atomic E-state index is 11.6. The molecule has 0 heterocycles. The van der Waals surface area contributed by atoms with Gasteiger partial charge in [0.1, 0.15) is 6.29 Å². The highest BCUT2D eigenvalue weighted by Crippen LogP contribution is 2.55. The summed E-state index contributed by atoms with van der Waals surface area (Å²) in [4.78, 5) is 11.6. The van der Waals surface area contributed by atoms with E-state index < -0.39 is 5.60 Å². The van der Waals surface area contributed by atoms with Crippen molar-refractivity contribution in [3.63, 3.8) is 0 Å². The van der Waals surface area contributed by atoms with E-state index in [2.05, 4.69) is 59.4 Å². The maximum atomic E-state index is 11.6. The molecule has 2 saturated carbocycles. The standard InChI is InChI=1S/C31H50O3/c1-22(13-16-27-23(2)14-15-25(4)29(27,5)6)11-9-18-30(7)28(12-10-20-32)26(24(3)21-33)17-19-31(30,8)34/h11,13,16,21,25,27-28,32,34H,2,9-10,12,14-15,17-20H2,1,3-8H3/b16-13+,22-11+,26-24+/t25-,27+,28+,30-,31-/m0/s1. The highest BCUT2D eigenvalue weighted by molar-refractivity contribution is 5.74. The number of hydrogen-bond donors (Lipinski definition) is 2. The summed E-state index contributed by atoms with van der Waals surface area (Å²) in [6.45, 7) is 19.8. The molecule has 0 bridgehead atoms. The molecule has 3 nitrogen and oxygen atoms in total. The van der Waals surface area contributed by atoms with E-state index >= 15 is 0 Å². The van der Waals surface area contributed by atoms with Crippen molar-refractivity contribution in [1.29, 1.82) is 0 Å². The Balaban J connectivity index is 2.21. The van der Waals surface area contributed by atoms with E-state index in [0.717, 1.165) is 44.0 Å². The van der Waals surface area contributed by atoms with Crippen LogP contribution in [0.1, 0.15) is 99.8 Å². The first-order valence-electron chi connectivity index (χ1n) is 13.3. The van der Waals surface area contributed by atoms with E-state index in [9.17, 15) is 15.0 Å². The Morgan fingerprint density at radius 3 is 2.47 bits per heavy atom. The van der Waals surface area contributed by atoms with Crippen molar-refractivity contribution in [2.24, 2.45) is 28.6 Å². The fraction of sp³-hybridized carbons (Fsp3) is 0.710. The second-order valence-corrected chi connectivity index (χ2v) is 12.2. The van der Waals surface area contributed by atoms with Gasteiger partial charge in [0.25, 0.3) is 0 Å². The van der Waals surface area contributed by atoms with E-state index in [1.807, 2.05) is 13.8 Å². The van der Waals surface area contributed by atoms with Crippen LogP contribution in [0.4, 0.5) is 0 Å². The summed E-state index contributed by atoms with van der Waals surface area (Å²) < 4.78 is 0. The molecular weight excluding hydrogens is 420 g/mol. The lowest BCUT2D eigenvalue weighted by Gasteiger charge is -2.53. The second kappa shape index (κ2) is 11.5. The van der Waals surface area contributed by atoms with Crippen molar-refractivity contribution < 1.29 is 15.0 Å². The number of carbonyl (C=O) groups is 1. The zero-order valence-electron chi connectivity index (χ0n) is 22.9. The molecule has 0 radical (unpaired) electrons. The molecule has 0 unspecified atom stereocenters. The molecule has 0 amide bonds. The zero-order chi connectivity index (χ0) is 25.7. The van der Waals surface area contributed by atoms with Crippen molar-refractivity contribution in [3.05, 3.63) is 47.1 Å². The van der Waals surface area contributed by atoms with E-state index in [1.165, 1.54) is 23.1 Å². The Bertz CT molecular complexity index is 826. The predicted molar refractivity (Wildman–Crippen MR) is 143 cm³/mol. The van der Waals surface area contributed by atoms with Gasteiger partial charge in [0.05, 0.1) is 5.60 Å². The Kier molecular flexibility index (Phi) is 9.76. The molecule has 0 aromatic carbocycles. The van der Waals surface area contributed by atoms with Gasteiger partial charge >= 0.3 is 0 Å². The minimum atomic E-state index is -0.808. The Labute approximate surface area is 209 Å². The average molecular weight is 471 g/mol. The monoisotopic (exact) mass is 470 g/mol. The molecule has 2 rings (SSSR count). The molecule has 34 heavy (non-hydrogen) atoms. The molecule has 0 aromatic heterocycles. The van der Waals surface area contributed by atoms with Crippen LogP contribution in [0.3, 0.4) is 0 Å². The summed E-state index contributed by atoms with van der Waals surface area (Å²) in [7, 11) is 0. The fourth-order valence-corrected chi connectivity index (χ4v) is 6.44. The first kappa shape index (κ1) is 28.8. The second-order valence-electron chi connectivity index (χ2n) is 12.2. The molecule has 0 aliphatic heterocycles. The van der Waals surface area contributed by atoms with E-state index in [1.54, 1.807) is 0 Å². The average Bonchev–Trinajstić information content (AvgIpc) is 2.77. The van der Waals surface area contributed by atoms with Gasteiger partial charge in [-0.15, -0.1) is 0 Å². The summed E-state index contributed by atoms with van der Waals surface area (Å²) in [5.41, 5.74) is 3.61. The topological polar surface area (TPSA) is 57.5 Å². The Hall–Kier alpha value is -1.45. The SMILES string of the molecule is C=C1CC[C@H](C)C(C)(C)[C@@H]1/C=C/C(C)=C/CC[C@@]1(C)[C@H](CCCO)/C(=C(\C)C=O)CC[C@]1(C)O. The van der Waals surface area contributed by atoms with Crippen LogP contribution >= 0.6 is 0 Å². The number of hydrogen-bond acceptors (Lipinski definition) is 3. The van der Waals surface area contributed by atoms with E-state index in [-0.39, 0.29) is 23.4 Å². The van der Waals surface area contributed by atoms with Gasteiger partial charge in [0.2, 0.25) is 0 Å². The Morgan fingerprint density at radius 2 is 1.85 bits per heavy atom. The van der Waals surface area contributed by atoms with Gasteiger partial charge in [-0.1, -0.05) is 69.2 Å². The van der Waals surface area contributed by atoms with Crippen LogP contribution in [0.5, 0.6) is 0 Å². The number of carbonyl (C=O) groups excluding carboxylic acids is 1. The van der Waals surface area contributed by atoms with Gasteiger partial charge in [-0.25, -0.2) is 0 Å². The number of aliphatic hydroxyl groups is 2. The summed E-state index contributed by atoms with van der Waals surface area (Å²) in [6, 6.07) is 0. The van der Waals surface area contributed by atoms with Crippen molar-refractivity contribution >= 4 is 6.29 Å². The molecule has 0 aromatic rings. The van der Waals surface area contributed by atoms with Crippen LogP contribution in [-0.4, -0.2) is 28.7 Å².